The van der Waals surface area contributed by atoms with Crippen LogP contribution in [0.1, 0.15) is 26.3 Å². The van der Waals surface area contributed by atoms with E-state index in [-0.39, 0.29) is 5.82 Å². The Balaban J connectivity index is 2.44. The highest BCUT2D eigenvalue weighted by atomic mass is 35.5. The zero-order valence-electron chi connectivity index (χ0n) is 11.3. The number of hydrogen-bond acceptors (Lipinski definition) is 2. The molecular formula is C14H22ClFN2. The van der Waals surface area contributed by atoms with Gasteiger partial charge in [0.05, 0.1) is 0 Å². The molecule has 4 heteroatoms. The van der Waals surface area contributed by atoms with Crippen molar-refractivity contribution in [2.75, 3.05) is 19.6 Å². The molecule has 0 saturated carbocycles. The molecule has 0 aromatic heterocycles. The monoisotopic (exact) mass is 272 g/mol. The lowest BCUT2D eigenvalue weighted by molar-refractivity contribution is 0.270. The smallest absolute Gasteiger partial charge is 0.124 e. The third-order valence-corrected chi connectivity index (χ3v) is 3.43. The van der Waals surface area contributed by atoms with Crippen molar-refractivity contribution < 1.29 is 4.39 Å². The first-order valence-corrected chi connectivity index (χ1v) is 6.84. The van der Waals surface area contributed by atoms with E-state index in [0.29, 0.717) is 17.6 Å². The normalized spacial score (nSPS) is 13.0. The molecule has 1 aromatic carbocycles. The van der Waals surface area contributed by atoms with Gasteiger partial charge in [-0.2, -0.15) is 0 Å². The number of rotatable bonds is 7. The molecule has 1 aromatic rings. The van der Waals surface area contributed by atoms with Gasteiger partial charge in [-0.25, -0.2) is 4.39 Å². The molecule has 0 amide bonds. The highest BCUT2D eigenvalue weighted by Gasteiger charge is 2.08. The van der Waals surface area contributed by atoms with E-state index in [9.17, 15) is 4.39 Å². The molecule has 0 fully saturated rings. The highest BCUT2D eigenvalue weighted by molar-refractivity contribution is 6.31. The van der Waals surface area contributed by atoms with Gasteiger partial charge in [-0.05, 0) is 37.7 Å². The van der Waals surface area contributed by atoms with Crippen molar-refractivity contribution in [3.8, 4) is 0 Å². The lowest BCUT2D eigenvalue weighted by atomic mass is 10.2. The number of nitrogens with one attached hydrogen (secondary N) is 1. The number of nitrogens with zero attached hydrogens (tertiary/aromatic N) is 1. The fourth-order valence-corrected chi connectivity index (χ4v) is 2.12. The minimum atomic E-state index is -0.292. The minimum absolute atomic E-state index is 0.292. The second-order valence-electron chi connectivity index (χ2n) is 4.50. The molecule has 0 heterocycles. The summed E-state index contributed by atoms with van der Waals surface area (Å²) in [4.78, 5) is 2.37. The van der Waals surface area contributed by atoms with Crippen LogP contribution in [0.4, 0.5) is 4.39 Å². The molecule has 102 valence electrons. The van der Waals surface area contributed by atoms with Gasteiger partial charge in [0.2, 0.25) is 0 Å². The summed E-state index contributed by atoms with van der Waals surface area (Å²) in [6.07, 6.45) is 0. The standard InChI is InChI=1S/C14H22ClFN2/c1-4-18(5-2)10-11(3)17-9-12-6-7-13(16)8-14(12)15/h6-8,11,17H,4-5,9-10H2,1-3H3. The molecular weight excluding hydrogens is 251 g/mol. The number of halogens is 2. The molecule has 0 aliphatic rings. The molecule has 1 unspecified atom stereocenters. The van der Waals surface area contributed by atoms with Gasteiger partial charge >= 0.3 is 0 Å². The van der Waals surface area contributed by atoms with Crippen LogP contribution in [0, 0.1) is 5.82 Å². The SMILES string of the molecule is CCN(CC)CC(C)NCc1ccc(F)cc1Cl. The van der Waals surface area contributed by atoms with Gasteiger partial charge in [0.1, 0.15) is 5.82 Å². The van der Waals surface area contributed by atoms with Crippen LogP contribution in [0.25, 0.3) is 0 Å². The second kappa shape index (κ2) is 7.72. The predicted molar refractivity (Wildman–Crippen MR) is 75.5 cm³/mol. The Kier molecular flexibility index (Phi) is 6.61. The van der Waals surface area contributed by atoms with E-state index in [1.165, 1.54) is 12.1 Å². The molecule has 0 radical (unpaired) electrons. The van der Waals surface area contributed by atoms with Crippen LogP contribution in [-0.2, 0) is 6.54 Å². The molecule has 0 spiro atoms. The molecule has 0 aliphatic heterocycles. The van der Waals surface area contributed by atoms with Crippen molar-refractivity contribution >= 4 is 11.6 Å². The Morgan fingerprint density at radius 1 is 1.33 bits per heavy atom. The maximum absolute atomic E-state index is 12.9. The third kappa shape index (κ3) is 4.92. The van der Waals surface area contributed by atoms with E-state index in [2.05, 4.69) is 31.0 Å². The summed E-state index contributed by atoms with van der Waals surface area (Å²) in [5.74, 6) is -0.292. The van der Waals surface area contributed by atoms with Gasteiger partial charge in [0.25, 0.3) is 0 Å². The first-order chi connectivity index (χ1) is 8.56. The second-order valence-corrected chi connectivity index (χ2v) is 4.91. The minimum Gasteiger partial charge on any atom is -0.309 e. The number of benzene rings is 1. The lowest BCUT2D eigenvalue weighted by Crippen LogP contribution is -2.38. The van der Waals surface area contributed by atoms with Crippen LogP contribution in [0.2, 0.25) is 5.02 Å². The van der Waals surface area contributed by atoms with Gasteiger partial charge in [-0.3, -0.25) is 0 Å². The molecule has 1 rings (SSSR count). The van der Waals surface area contributed by atoms with E-state index >= 15 is 0 Å². The molecule has 0 bridgehead atoms. The average Bonchev–Trinajstić information content (AvgIpc) is 2.35. The number of likely N-dealkylation sites (N-methyl/N-ethyl adjacent to an activating group) is 1. The Bertz CT molecular complexity index is 367. The highest BCUT2D eigenvalue weighted by Crippen LogP contribution is 2.17. The van der Waals surface area contributed by atoms with Gasteiger partial charge < -0.3 is 10.2 Å². The van der Waals surface area contributed by atoms with Crippen molar-refractivity contribution in [1.82, 2.24) is 10.2 Å². The summed E-state index contributed by atoms with van der Waals surface area (Å²) in [6.45, 7) is 10.3. The maximum Gasteiger partial charge on any atom is 0.124 e. The third-order valence-electron chi connectivity index (χ3n) is 3.08. The zero-order valence-corrected chi connectivity index (χ0v) is 12.1. The lowest BCUT2D eigenvalue weighted by Gasteiger charge is -2.23. The van der Waals surface area contributed by atoms with E-state index < -0.39 is 0 Å². The fraction of sp³-hybridized carbons (Fsp3) is 0.571. The van der Waals surface area contributed by atoms with Crippen LogP contribution < -0.4 is 5.32 Å². The topological polar surface area (TPSA) is 15.3 Å². The van der Waals surface area contributed by atoms with Crippen molar-refractivity contribution in [3.63, 3.8) is 0 Å². The van der Waals surface area contributed by atoms with E-state index in [1.54, 1.807) is 6.07 Å². The summed E-state index contributed by atoms with van der Waals surface area (Å²) in [5, 5.41) is 3.89. The molecule has 1 N–H and O–H groups in total. The molecule has 2 nitrogen and oxygen atoms in total. The van der Waals surface area contributed by atoms with E-state index in [0.717, 1.165) is 25.2 Å². The van der Waals surface area contributed by atoms with Gasteiger partial charge in [-0.15, -0.1) is 0 Å². The van der Waals surface area contributed by atoms with Gasteiger partial charge in [0, 0.05) is 24.2 Å². The Morgan fingerprint density at radius 2 is 2.00 bits per heavy atom. The quantitative estimate of drug-likeness (QED) is 0.819. The summed E-state index contributed by atoms with van der Waals surface area (Å²) < 4.78 is 12.9. The van der Waals surface area contributed by atoms with Crippen LogP contribution in [-0.4, -0.2) is 30.6 Å². The van der Waals surface area contributed by atoms with Crippen LogP contribution in [0.3, 0.4) is 0 Å². The summed E-state index contributed by atoms with van der Waals surface area (Å²) in [5.41, 5.74) is 0.935. The largest absolute Gasteiger partial charge is 0.309 e. The molecule has 0 saturated heterocycles. The summed E-state index contributed by atoms with van der Waals surface area (Å²) in [6, 6.07) is 4.91. The molecule has 0 aliphatic carbocycles. The van der Waals surface area contributed by atoms with Gasteiger partial charge in [-0.1, -0.05) is 31.5 Å². The maximum atomic E-state index is 12.9. The van der Waals surface area contributed by atoms with Crippen LogP contribution in [0.15, 0.2) is 18.2 Å². The van der Waals surface area contributed by atoms with Crippen LogP contribution in [0.5, 0.6) is 0 Å². The first-order valence-electron chi connectivity index (χ1n) is 6.46. The Hall–Kier alpha value is -0.640. The van der Waals surface area contributed by atoms with Crippen molar-refractivity contribution in [1.29, 1.82) is 0 Å². The molecule has 18 heavy (non-hydrogen) atoms. The van der Waals surface area contributed by atoms with Crippen molar-refractivity contribution in [2.24, 2.45) is 0 Å². The van der Waals surface area contributed by atoms with Crippen molar-refractivity contribution in [3.05, 3.63) is 34.6 Å². The summed E-state index contributed by atoms with van der Waals surface area (Å²) >= 11 is 5.98. The molecule has 1 atom stereocenters. The zero-order chi connectivity index (χ0) is 13.5. The Morgan fingerprint density at radius 3 is 2.56 bits per heavy atom. The van der Waals surface area contributed by atoms with E-state index in [1.807, 2.05) is 0 Å². The number of hydrogen-bond donors (Lipinski definition) is 1. The predicted octanol–water partition coefficient (Wildman–Crippen LogP) is 3.30. The van der Waals surface area contributed by atoms with Gasteiger partial charge in [0.15, 0.2) is 0 Å². The van der Waals surface area contributed by atoms with Crippen LogP contribution >= 0.6 is 11.6 Å². The Labute approximate surface area is 114 Å². The van der Waals surface area contributed by atoms with Crippen molar-refractivity contribution in [2.45, 2.75) is 33.4 Å². The first kappa shape index (κ1) is 15.4. The fourth-order valence-electron chi connectivity index (χ4n) is 1.88. The average molecular weight is 273 g/mol. The summed E-state index contributed by atoms with van der Waals surface area (Å²) in [7, 11) is 0. The van der Waals surface area contributed by atoms with E-state index in [4.69, 9.17) is 11.6 Å².